The van der Waals surface area contributed by atoms with E-state index in [1.165, 1.54) is 0 Å². The van der Waals surface area contributed by atoms with Gasteiger partial charge in [-0.2, -0.15) is 0 Å². The number of benzene rings is 1. The molecule has 1 unspecified atom stereocenters. The van der Waals surface area contributed by atoms with Crippen LogP contribution in [-0.2, 0) is 6.54 Å². The summed E-state index contributed by atoms with van der Waals surface area (Å²) in [6, 6.07) is 5.88. The fraction of sp³-hybridized carbons (Fsp3) is 0.500. The average Bonchev–Trinajstić information content (AvgIpc) is 2.28. The molecule has 0 aromatic heterocycles. The van der Waals surface area contributed by atoms with E-state index in [-0.39, 0.29) is 6.10 Å². The fourth-order valence-corrected chi connectivity index (χ4v) is 2.43. The number of aliphatic hydroxyl groups is 1. The molecule has 0 aliphatic carbocycles. The first-order valence-electron chi connectivity index (χ1n) is 5.62. The minimum Gasteiger partial charge on any atom is -0.391 e. The molecule has 1 fully saturated rings. The van der Waals surface area contributed by atoms with E-state index in [0.29, 0.717) is 13.1 Å². The van der Waals surface area contributed by atoms with E-state index in [1.54, 1.807) is 0 Å². The topological polar surface area (TPSA) is 49.5 Å². The third-order valence-corrected chi connectivity index (χ3v) is 3.29. The summed E-state index contributed by atoms with van der Waals surface area (Å²) in [6.07, 6.45) is 1.66. The van der Waals surface area contributed by atoms with Crippen LogP contribution in [-0.4, -0.2) is 24.3 Å². The molecule has 0 bridgehead atoms. The highest BCUT2D eigenvalue weighted by molar-refractivity contribution is 6.33. The van der Waals surface area contributed by atoms with Crippen LogP contribution in [0.5, 0.6) is 0 Å². The van der Waals surface area contributed by atoms with Gasteiger partial charge in [0, 0.05) is 19.6 Å². The number of hydrogen-bond donors (Lipinski definition) is 2. The molecule has 1 aliphatic heterocycles. The van der Waals surface area contributed by atoms with Crippen LogP contribution >= 0.6 is 11.6 Å². The average molecular weight is 241 g/mol. The van der Waals surface area contributed by atoms with E-state index >= 15 is 0 Å². The predicted molar refractivity (Wildman–Crippen MR) is 66.8 cm³/mol. The molecule has 1 heterocycles. The summed E-state index contributed by atoms with van der Waals surface area (Å²) in [5, 5.41) is 10.3. The Labute approximate surface area is 101 Å². The molecule has 88 valence electrons. The number of nitrogens with zero attached hydrogens (tertiary/aromatic N) is 1. The van der Waals surface area contributed by atoms with Gasteiger partial charge in [-0.15, -0.1) is 0 Å². The maximum atomic E-state index is 9.63. The van der Waals surface area contributed by atoms with Crippen molar-refractivity contribution < 1.29 is 5.11 Å². The molecule has 2 rings (SSSR count). The van der Waals surface area contributed by atoms with Gasteiger partial charge in [0.05, 0.1) is 16.8 Å². The summed E-state index contributed by atoms with van der Waals surface area (Å²) in [5.74, 6) is 0. The first kappa shape index (κ1) is 11.7. The Kier molecular flexibility index (Phi) is 3.69. The lowest BCUT2D eigenvalue weighted by molar-refractivity contribution is 0.154. The molecule has 4 heteroatoms. The van der Waals surface area contributed by atoms with Crippen molar-refractivity contribution in [2.45, 2.75) is 25.5 Å². The van der Waals surface area contributed by atoms with E-state index in [9.17, 15) is 5.11 Å². The van der Waals surface area contributed by atoms with E-state index < -0.39 is 0 Å². The maximum Gasteiger partial charge on any atom is 0.0715 e. The Hall–Kier alpha value is -0.770. The van der Waals surface area contributed by atoms with Crippen LogP contribution in [0.25, 0.3) is 0 Å². The molecule has 1 saturated heterocycles. The number of halogens is 1. The molecule has 1 aromatic rings. The van der Waals surface area contributed by atoms with E-state index in [0.717, 1.165) is 35.7 Å². The van der Waals surface area contributed by atoms with Crippen molar-refractivity contribution >= 4 is 17.3 Å². The lowest BCUT2D eigenvalue weighted by Crippen LogP contribution is -2.38. The van der Waals surface area contributed by atoms with Gasteiger partial charge in [-0.25, -0.2) is 0 Å². The quantitative estimate of drug-likeness (QED) is 0.828. The molecule has 1 aromatic carbocycles. The Morgan fingerprint density at radius 1 is 1.50 bits per heavy atom. The lowest BCUT2D eigenvalue weighted by Gasteiger charge is -2.32. The zero-order valence-corrected chi connectivity index (χ0v) is 9.95. The molecule has 1 atom stereocenters. The number of rotatable bonds is 2. The smallest absolute Gasteiger partial charge is 0.0715 e. The molecule has 3 nitrogen and oxygen atoms in total. The van der Waals surface area contributed by atoms with E-state index in [2.05, 4.69) is 4.90 Å². The first-order chi connectivity index (χ1) is 7.70. The summed E-state index contributed by atoms with van der Waals surface area (Å²) >= 11 is 6.21. The number of hydrogen-bond acceptors (Lipinski definition) is 3. The van der Waals surface area contributed by atoms with Crippen LogP contribution in [0.15, 0.2) is 18.2 Å². The molecule has 1 aliphatic rings. The second-order valence-electron chi connectivity index (χ2n) is 4.23. The number of aliphatic hydroxyl groups excluding tert-OH is 1. The van der Waals surface area contributed by atoms with Crippen LogP contribution < -0.4 is 10.6 Å². The first-order valence-corrected chi connectivity index (χ1v) is 6.00. The molecular weight excluding hydrogens is 224 g/mol. The van der Waals surface area contributed by atoms with Crippen molar-refractivity contribution in [1.29, 1.82) is 0 Å². The number of nitrogens with two attached hydrogens (primary N) is 1. The highest BCUT2D eigenvalue weighted by Gasteiger charge is 2.19. The highest BCUT2D eigenvalue weighted by Crippen LogP contribution is 2.29. The third-order valence-electron chi connectivity index (χ3n) is 2.98. The van der Waals surface area contributed by atoms with Crippen LogP contribution in [0, 0.1) is 0 Å². The standard InChI is InChI=1S/C12H17ClN2O/c13-11-6-9(7-14)3-4-12(11)15-5-1-2-10(16)8-15/h3-4,6,10,16H,1-2,5,7-8,14H2. The second kappa shape index (κ2) is 5.04. The van der Waals surface area contributed by atoms with Gasteiger partial charge in [-0.05, 0) is 30.5 Å². The Morgan fingerprint density at radius 2 is 2.31 bits per heavy atom. The lowest BCUT2D eigenvalue weighted by atomic mass is 10.1. The molecule has 0 saturated carbocycles. The SMILES string of the molecule is NCc1ccc(N2CCCC(O)C2)c(Cl)c1. The third kappa shape index (κ3) is 2.48. The number of anilines is 1. The van der Waals surface area contributed by atoms with Crippen molar-refractivity contribution in [1.82, 2.24) is 0 Å². The fourth-order valence-electron chi connectivity index (χ4n) is 2.11. The molecule has 0 amide bonds. The normalized spacial score (nSPS) is 21.2. The molecular formula is C12H17ClN2O. The van der Waals surface area contributed by atoms with Crippen LogP contribution in [0.2, 0.25) is 5.02 Å². The van der Waals surface area contributed by atoms with Crippen molar-refractivity contribution in [2.24, 2.45) is 5.73 Å². The van der Waals surface area contributed by atoms with Crippen molar-refractivity contribution in [2.75, 3.05) is 18.0 Å². The number of β-amino-alcohol motifs (C(OH)–C–C–N with tert-alkyl or cyclic N) is 1. The highest BCUT2D eigenvalue weighted by atomic mass is 35.5. The van der Waals surface area contributed by atoms with Gasteiger partial charge < -0.3 is 15.7 Å². The van der Waals surface area contributed by atoms with Gasteiger partial charge in [0.1, 0.15) is 0 Å². The van der Waals surface area contributed by atoms with Crippen molar-refractivity contribution in [3.63, 3.8) is 0 Å². The molecule has 0 radical (unpaired) electrons. The molecule has 16 heavy (non-hydrogen) atoms. The zero-order chi connectivity index (χ0) is 11.5. The minimum atomic E-state index is -0.237. The monoisotopic (exact) mass is 240 g/mol. The Morgan fingerprint density at radius 3 is 2.94 bits per heavy atom. The molecule has 3 N–H and O–H groups in total. The van der Waals surface area contributed by atoms with Crippen molar-refractivity contribution in [3.8, 4) is 0 Å². The van der Waals surface area contributed by atoms with Crippen LogP contribution in [0.4, 0.5) is 5.69 Å². The minimum absolute atomic E-state index is 0.237. The van der Waals surface area contributed by atoms with E-state index in [4.69, 9.17) is 17.3 Å². The van der Waals surface area contributed by atoms with Gasteiger partial charge in [0.15, 0.2) is 0 Å². The van der Waals surface area contributed by atoms with Gasteiger partial charge in [-0.1, -0.05) is 17.7 Å². The Balaban J connectivity index is 2.19. The molecule has 0 spiro atoms. The van der Waals surface area contributed by atoms with E-state index in [1.807, 2.05) is 18.2 Å². The predicted octanol–water partition coefficient (Wildman–Crippen LogP) is 1.76. The maximum absolute atomic E-state index is 9.63. The largest absolute Gasteiger partial charge is 0.391 e. The van der Waals surface area contributed by atoms with Crippen LogP contribution in [0.3, 0.4) is 0 Å². The van der Waals surface area contributed by atoms with Gasteiger partial charge in [-0.3, -0.25) is 0 Å². The summed E-state index contributed by atoms with van der Waals surface area (Å²) in [4.78, 5) is 2.14. The second-order valence-corrected chi connectivity index (χ2v) is 4.64. The summed E-state index contributed by atoms with van der Waals surface area (Å²) < 4.78 is 0. The summed E-state index contributed by atoms with van der Waals surface area (Å²) in [7, 11) is 0. The summed E-state index contributed by atoms with van der Waals surface area (Å²) in [5.41, 5.74) is 7.59. The summed E-state index contributed by atoms with van der Waals surface area (Å²) in [6.45, 7) is 2.13. The van der Waals surface area contributed by atoms with Gasteiger partial charge in [0.2, 0.25) is 0 Å². The van der Waals surface area contributed by atoms with Gasteiger partial charge >= 0.3 is 0 Å². The Bertz CT molecular complexity index is 370. The zero-order valence-electron chi connectivity index (χ0n) is 9.19. The number of piperidine rings is 1. The van der Waals surface area contributed by atoms with Crippen molar-refractivity contribution in [3.05, 3.63) is 28.8 Å². The van der Waals surface area contributed by atoms with Gasteiger partial charge in [0.25, 0.3) is 0 Å². The van der Waals surface area contributed by atoms with Crippen LogP contribution in [0.1, 0.15) is 18.4 Å².